The second-order valence-electron chi connectivity index (χ2n) is 4.15. The van der Waals surface area contributed by atoms with E-state index in [1.165, 1.54) is 0 Å². The standard InChI is InChI=1S/C12H18N2O2/c1-8(2)5-6-14-10(4)11(7-12(15)16)9(3)13-14/h1,5-7H2,2-4H3,(H,15,16). The molecule has 0 bridgehead atoms. The highest BCUT2D eigenvalue weighted by Crippen LogP contribution is 2.14. The molecule has 0 saturated carbocycles. The average molecular weight is 222 g/mol. The molecule has 0 fully saturated rings. The highest BCUT2D eigenvalue weighted by Gasteiger charge is 2.13. The third-order valence-corrected chi connectivity index (χ3v) is 2.61. The Morgan fingerprint density at radius 3 is 2.62 bits per heavy atom. The minimum Gasteiger partial charge on any atom is -0.481 e. The molecule has 4 heteroatoms. The number of carboxylic acid groups (broad SMARTS) is 1. The summed E-state index contributed by atoms with van der Waals surface area (Å²) in [6, 6.07) is 0. The predicted octanol–water partition coefficient (Wildman–Crippen LogP) is 2.09. The molecular formula is C12H18N2O2. The van der Waals surface area contributed by atoms with E-state index in [-0.39, 0.29) is 6.42 Å². The molecule has 1 heterocycles. The van der Waals surface area contributed by atoms with Gasteiger partial charge in [0.2, 0.25) is 0 Å². The zero-order valence-corrected chi connectivity index (χ0v) is 10.1. The molecule has 0 atom stereocenters. The highest BCUT2D eigenvalue weighted by atomic mass is 16.4. The SMILES string of the molecule is C=C(C)CCn1nc(C)c(CC(=O)O)c1C. The first-order chi connectivity index (χ1) is 7.41. The third-order valence-electron chi connectivity index (χ3n) is 2.61. The molecule has 1 rings (SSSR count). The van der Waals surface area contributed by atoms with Crippen molar-refractivity contribution in [2.24, 2.45) is 0 Å². The molecular weight excluding hydrogens is 204 g/mol. The maximum atomic E-state index is 10.7. The summed E-state index contributed by atoms with van der Waals surface area (Å²) in [5, 5.41) is 13.1. The molecule has 1 N–H and O–H groups in total. The Labute approximate surface area is 95.6 Å². The van der Waals surface area contributed by atoms with Crippen molar-refractivity contribution in [2.45, 2.75) is 40.2 Å². The maximum Gasteiger partial charge on any atom is 0.307 e. The van der Waals surface area contributed by atoms with Crippen molar-refractivity contribution in [3.63, 3.8) is 0 Å². The van der Waals surface area contributed by atoms with Gasteiger partial charge >= 0.3 is 5.97 Å². The zero-order chi connectivity index (χ0) is 12.3. The van der Waals surface area contributed by atoms with E-state index in [2.05, 4.69) is 11.7 Å². The van der Waals surface area contributed by atoms with Gasteiger partial charge < -0.3 is 5.11 Å². The van der Waals surface area contributed by atoms with Crippen LogP contribution in [0.15, 0.2) is 12.2 Å². The van der Waals surface area contributed by atoms with Crippen LogP contribution < -0.4 is 0 Å². The second kappa shape index (κ2) is 4.96. The fourth-order valence-electron chi connectivity index (χ4n) is 1.66. The first kappa shape index (κ1) is 12.5. The van der Waals surface area contributed by atoms with Gasteiger partial charge in [0.15, 0.2) is 0 Å². The highest BCUT2D eigenvalue weighted by molar-refractivity contribution is 5.70. The lowest BCUT2D eigenvalue weighted by molar-refractivity contribution is -0.136. The van der Waals surface area contributed by atoms with Crippen molar-refractivity contribution in [2.75, 3.05) is 0 Å². The Balaban J connectivity index is 2.88. The van der Waals surface area contributed by atoms with Gasteiger partial charge in [0.1, 0.15) is 0 Å². The van der Waals surface area contributed by atoms with E-state index in [4.69, 9.17) is 5.11 Å². The summed E-state index contributed by atoms with van der Waals surface area (Å²) in [6.45, 7) is 10.3. The Bertz CT molecular complexity index is 419. The van der Waals surface area contributed by atoms with E-state index in [0.717, 1.165) is 35.5 Å². The number of aromatic nitrogens is 2. The molecule has 0 aliphatic rings. The lowest BCUT2D eigenvalue weighted by Crippen LogP contribution is -2.05. The van der Waals surface area contributed by atoms with Crippen LogP contribution in [0.4, 0.5) is 0 Å². The van der Waals surface area contributed by atoms with Crippen molar-refractivity contribution in [3.8, 4) is 0 Å². The molecule has 88 valence electrons. The van der Waals surface area contributed by atoms with Crippen LogP contribution in [0.3, 0.4) is 0 Å². The molecule has 4 nitrogen and oxygen atoms in total. The van der Waals surface area contributed by atoms with Gasteiger partial charge in [-0.05, 0) is 27.2 Å². The number of hydrogen-bond acceptors (Lipinski definition) is 2. The first-order valence-electron chi connectivity index (χ1n) is 5.31. The number of aryl methyl sites for hydroxylation is 2. The Kier molecular flexibility index (Phi) is 3.88. The molecule has 0 unspecified atom stereocenters. The molecule has 0 aliphatic carbocycles. The number of carbonyl (C=O) groups is 1. The van der Waals surface area contributed by atoms with Gasteiger partial charge in [-0.25, -0.2) is 0 Å². The second-order valence-corrected chi connectivity index (χ2v) is 4.15. The van der Waals surface area contributed by atoms with Crippen LogP contribution in [0.1, 0.15) is 30.3 Å². The van der Waals surface area contributed by atoms with Gasteiger partial charge in [0.05, 0.1) is 12.1 Å². The van der Waals surface area contributed by atoms with E-state index < -0.39 is 5.97 Å². The van der Waals surface area contributed by atoms with Crippen LogP contribution in [0.5, 0.6) is 0 Å². The Morgan fingerprint density at radius 1 is 1.50 bits per heavy atom. The van der Waals surface area contributed by atoms with Gasteiger partial charge in [-0.2, -0.15) is 5.10 Å². The summed E-state index contributed by atoms with van der Waals surface area (Å²) >= 11 is 0. The first-order valence-corrected chi connectivity index (χ1v) is 5.31. The van der Waals surface area contributed by atoms with Crippen molar-refractivity contribution in [3.05, 3.63) is 29.1 Å². The predicted molar refractivity (Wildman–Crippen MR) is 62.5 cm³/mol. The quantitative estimate of drug-likeness (QED) is 0.776. The van der Waals surface area contributed by atoms with Gasteiger partial charge in [0, 0.05) is 17.8 Å². The average Bonchev–Trinajstić information content (AvgIpc) is 2.42. The molecule has 0 spiro atoms. The summed E-state index contributed by atoms with van der Waals surface area (Å²) in [7, 11) is 0. The monoisotopic (exact) mass is 222 g/mol. The maximum absolute atomic E-state index is 10.7. The number of hydrogen-bond donors (Lipinski definition) is 1. The van der Waals surface area contributed by atoms with E-state index in [9.17, 15) is 4.79 Å². The number of rotatable bonds is 5. The number of allylic oxidation sites excluding steroid dienone is 1. The Hall–Kier alpha value is -1.58. The molecule has 0 amide bonds. The van der Waals surface area contributed by atoms with Crippen LogP contribution in [0, 0.1) is 13.8 Å². The van der Waals surface area contributed by atoms with Crippen LogP contribution in [-0.2, 0) is 17.8 Å². The smallest absolute Gasteiger partial charge is 0.307 e. The van der Waals surface area contributed by atoms with E-state index in [0.29, 0.717) is 0 Å². The van der Waals surface area contributed by atoms with E-state index >= 15 is 0 Å². The van der Waals surface area contributed by atoms with Gasteiger partial charge in [-0.1, -0.05) is 5.57 Å². The molecule has 0 radical (unpaired) electrons. The lowest BCUT2D eigenvalue weighted by atomic mass is 10.1. The number of aliphatic carboxylic acids is 1. The van der Waals surface area contributed by atoms with Crippen LogP contribution >= 0.6 is 0 Å². The summed E-state index contributed by atoms with van der Waals surface area (Å²) in [4.78, 5) is 10.7. The van der Waals surface area contributed by atoms with Gasteiger partial charge in [-0.15, -0.1) is 6.58 Å². The molecule has 1 aromatic rings. The summed E-state index contributed by atoms with van der Waals surface area (Å²) < 4.78 is 1.86. The lowest BCUT2D eigenvalue weighted by Gasteiger charge is -2.04. The van der Waals surface area contributed by atoms with E-state index in [1.807, 2.05) is 25.5 Å². The third kappa shape index (κ3) is 2.95. The van der Waals surface area contributed by atoms with Crippen molar-refractivity contribution in [1.29, 1.82) is 0 Å². The largest absolute Gasteiger partial charge is 0.481 e. The molecule has 0 saturated heterocycles. The van der Waals surface area contributed by atoms with Crippen molar-refractivity contribution in [1.82, 2.24) is 9.78 Å². The fraction of sp³-hybridized carbons (Fsp3) is 0.500. The zero-order valence-electron chi connectivity index (χ0n) is 10.1. The molecule has 1 aromatic heterocycles. The minimum atomic E-state index is -0.814. The number of carboxylic acids is 1. The van der Waals surface area contributed by atoms with Crippen molar-refractivity contribution >= 4 is 5.97 Å². The number of nitrogens with zero attached hydrogens (tertiary/aromatic N) is 2. The molecule has 0 aromatic carbocycles. The minimum absolute atomic E-state index is 0.0464. The van der Waals surface area contributed by atoms with Gasteiger partial charge in [0.25, 0.3) is 0 Å². The topological polar surface area (TPSA) is 55.1 Å². The summed E-state index contributed by atoms with van der Waals surface area (Å²) in [5.41, 5.74) is 3.68. The molecule has 0 aliphatic heterocycles. The Morgan fingerprint density at radius 2 is 2.12 bits per heavy atom. The van der Waals surface area contributed by atoms with Crippen LogP contribution in [-0.4, -0.2) is 20.9 Å². The summed E-state index contributed by atoms with van der Waals surface area (Å²) in [6.07, 6.45) is 0.916. The van der Waals surface area contributed by atoms with Crippen LogP contribution in [0.25, 0.3) is 0 Å². The van der Waals surface area contributed by atoms with Crippen LogP contribution in [0.2, 0.25) is 0 Å². The van der Waals surface area contributed by atoms with Gasteiger partial charge in [-0.3, -0.25) is 9.48 Å². The van der Waals surface area contributed by atoms with E-state index in [1.54, 1.807) is 0 Å². The normalized spacial score (nSPS) is 10.4. The van der Waals surface area contributed by atoms with Crippen molar-refractivity contribution < 1.29 is 9.90 Å². The fourth-order valence-corrected chi connectivity index (χ4v) is 1.66. The molecule has 16 heavy (non-hydrogen) atoms. The summed E-state index contributed by atoms with van der Waals surface area (Å²) in [5.74, 6) is -0.814.